The molecule has 0 amide bonds. The highest BCUT2D eigenvalue weighted by molar-refractivity contribution is 4.59. The average Bonchev–Trinajstić information content (AvgIpc) is 2.61. The number of rotatable bonds is 19. The summed E-state index contributed by atoms with van der Waals surface area (Å²) in [7, 11) is 0. The molecular formula is C21H44O3. The lowest BCUT2D eigenvalue weighted by Crippen LogP contribution is -2.24. The number of hydrogen-bond acceptors (Lipinski definition) is 3. The molecule has 0 aromatic heterocycles. The molecule has 0 spiro atoms. The van der Waals surface area contributed by atoms with Crippen molar-refractivity contribution in [2.45, 2.75) is 122 Å². The normalized spacial score (nSPS) is 14.0. The van der Waals surface area contributed by atoms with E-state index in [4.69, 9.17) is 9.84 Å². The molecule has 0 rings (SSSR count). The van der Waals surface area contributed by atoms with Gasteiger partial charge >= 0.3 is 0 Å². The van der Waals surface area contributed by atoms with Gasteiger partial charge < -0.3 is 14.9 Å². The van der Waals surface area contributed by atoms with Crippen LogP contribution in [0.15, 0.2) is 0 Å². The second-order valence-electron chi connectivity index (χ2n) is 7.23. The molecule has 0 bridgehead atoms. The molecule has 0 saturated carbocycles. The Hall–Kier alpha value is -0.120. The van der Waals surface area contributed by atoms with E-state index < -0.39 is 6.10 Å². The molecule has 0 radical (unpaired) electrons. The van der Waals surface area contributed by atoms with Gasteiger partial charge in [0, 0.05) is 0 Å². The fourth-order valence-electron chi connectivity index (χ4n) is 3.09. The van der Waals surface area contributed by atoms with E-state index in [0.717, 1.165) is 12.8 Å². The van der Waals surface area contributed by atoms with E-state index in [1.807, 2.05) is 0 Å². The van der Waals surface area contributed by atoms with E-state index in [1.165, 1.54) is 83.5 Å². The van der Waals surface area contributed by atoms with Gasteiger partial charge in [0.2, 0.25) is 0 Å². The minimum atomic E-state index is -0.731. The standard InChI is InChI=1S/C21H44O3/c1-3-5-6-7-8-9-10-11-12-13-14-15-16-17-21(4-2)24-19-20(23)18-22/h20-23H,3-19H2,1-2H3. The van der Waals surface area contributed by atoms with Gasteiger partial charge in [0.05, 0.1) is 19.3 Å². The maximum absolute atomic E-state index is 9.31. The minimum Gasteiger partial charge on any atom is -0.394 e. The third kappa shape index (κ3) is 16.7. The van der Waals surface area contributed by atoms with Crippen LogP contribution in [0.5, 0.6) is 0 Å². The number of aliphatic hydroxyl groups excluding tert-OH is 2. The molecule has 3 nitrogen and oxygen atoms in total. The Morgan fingerprint density at radius 1 is 0.708 bits per heavy atom. The predicted molar refractivity (Wildman–Crippen MR) is 103 cm³/mol. The smallest absolute Gasteiger partial charge is 0.100 e. The first-order valence-corrected chi connectivity index (χ1v) is 10.6. The summed E-state index contributed by atoms with van der Waals surface area (Å²) in [5.74, 6) is 0. The Morgan fingerprint density at radius 2 is 1.17 bits per heavy atom. The number of ether oxygens (including phenoxy) is 1. The van der Waals surface area contributed by atoms with Gasteiger partial charge in [-0.3, -0.25) is 0 Å². The van der Waals surface area contributed by atoms with Crippen molar-refractivity contribution < 1.29 is 14.9 Å². The van der Waals surface area contributed by atoms with Crippen molar-refractivity contribution in [1.29, 1.82) is 0 Å². The molecule has 146 valence electrons. The molecule has 3 heteroatoms. The highest BCUT2D eigenvalue weighted by Gasteiger charge is 2.09. The van der Waals surface area contributed by atoms with E-state index in [9.17, 15) is 5.11 Å². The van der Waals surface area contributed by atoms with E-state index in [0.29, 0.717) is 0 Å². The number of aliphatic hydroxyl groups is 2. The highest BCUT2D eigenvalue weighted by atomic mass is 16.5. The molecule has 0 aromatic carbocycles. The average molecular weight is 345 g/mol. The van der Waals surface area contributed by atoms with Crippen LogP contribution in [0.25, 0.3) is 0 Å². The van der Waals surface area contributed by atoms with Crippen LogP contribution in [0.3, 0.4) is 0 Å². The lowest BCUT2D eigenvalue weighted by atomic mass is 10.0. The van der Waals surface area contributed by atoms with E-state index >= 15 is 0 Å². The van der Waals surface area contributed by atoms with Crippen LogP contribution in [-0.4, -0.2) is 35.6 Å². The SMILES string of the molecule is CCCCCCCCCCCCCCCC(CC)OCC(O)CO. The first-order valence-electron chi connectivity index (χ1n) is 10.6. The van der Waals surface area contributed by atoms with E-state index in [-0.39, 0.29) is 19.3 Å². The topological polar surface area (TPSA) is 49.7 Å². The van der Waals surface area contributed by atoms with Crippen molar-refractivity contribution in [2.75, 3.05) is 13.2 Å². The Kier molecular flexibility index (Phi) is 19.1. The second kappa shape index (κ2) is 19.2. The molecule has 0 aromatic rings. The summed E-state index contributed by atoms with van der Waals surface area (Å²) in [4.78, 5) is 0. The summed E-state index contributed by atoms with van der Waals surface area (Å²) in [6, 6.07) is 0. The molecule has 0 saturated heterocycles. The quantitative estimate of drug-likeness (QED) is 0.299. The van der Waals surface area contributed by atoms with Crippen molar-refractivity contribution in [3.8, 4) is 0 Å². The highest BCUT2D eigenvalue weighted by Crippen LogP contribution is 2.15. The summed E-state index contributed by atoms with van der Waals surface area (Å²) >= 11 is 0. The Bertz CT molecular complexity index is 233. The molecule has 0 fully saturated rings. The molecule has 2 N–H and O–H groups in total. The summed E-state index contributed by atoms with van der Waals surface area (Å²) in [6.45, 7) is 4.44. The predicted octanol–water partition coefficient (Wildman–Crippen LogP) is 5.62. The third-order valence-electron chi connectivity index (χ3n) is 4.82. The van der Waals surface area contributed by atoms with Crippen LogP contribution in [0.2, 0.25) is 0 Å². The van der Waals surface area contributed by atoms with Gasteiger partial charge in [-0.05, 0) is 12.8 Å². The van der Waals surface area contributed by atoms with Crippen LogP contribution < -0.4 is 0 Å². The van der Waals surface area contributed by atoms with Gasteiger partial charge in [-0.1, -0.05) is 97.3 Å². The number of unbranched alkanes of at least 4 members (excludes halogenated alkanes) is 12. The first kappa shape index (κ1) is 23.9. The van der Waals surface area contributed by atoms with Crippen LogP contribution in [0, 0.1) is 0 Å². The van der Waals surface area contributed by atoms with Gasteiger partial charge in [-0.15, -0.1) is 0 Å². The van der Waals surface area contributed by atoms with Crippen molar-refractivity contribution >= 4 is 0 Å². The van der Waals surface area contributed by atoms with Gasteiger partial charge in [0.25, 0.3) is 0 Å². The lowest BCUT2D eigenvalue weighted by Gasteiger charge is -2.17. The van der Waals surface area contributed by atoms with Crippen molar-refractivity contribution in [1.82, 2.24) is 0 Å². The fraction of sp³-hybridized carbons (Fsp3) is 1.00. The molecule has 0 aliphatic rings. The maximum atomic E-state index is 9.31. The van der Waals surface area contributed by atoms with Crippen molar-refractivity contribution in [3.05, 3.63) is 0 Å². The Morgan fingerprint density at radius 3 is 1.58 bits per heavy atom. The zero-order valence-corrected chi connectivity index (χ0v) is 16.5. The Labute approximate surface area is 151 Å². The first-order chi connectivity index (χ1) is 11.7. The molecule has 2 unspecified atom stereocenters. The molecule has 0 aliphatic carbocycles. The molecular weight excluding hydrogens is 300 g/mol. The van der Waals surface area contributed by atoms with E-state index in [1.54, 1.807) is 0 Å². The minimum absolute atomic E-state index is 0.213. The van der Waals surface area contributed by atoms with Crippen molar-refractivity contribution in [3.63, 3.8) is 0 Å². The molecule has 24 heavy (non-hydrogen) atoms. The number of hydrogen-bond donors (Lipinski definition) is 2. The summed E-state index contributed by atoms with van der Waals surface area (Å²) in [6.07, 6.45) is 19.5. The van der Waals surface area contributed by atoms with Crippen LogP contribution in [0.4, 0.5) is 0 Å². The van der Waals surface area contributed by atoms with Crippen molar-refractivity contribution in [2.24, 2.45) is 0 Å². The van der Waals surface area contributed by atoms with Gasteiger partial charge in [-0.25, -0.2) is 0 Å². The van der Waals surface area contributed by atoms with Crippen LogP contribution in [-0.2, 0) is 4.74 Å². The second-order valence-corrected chi connectivity index (χ2v) is 7.23. The molecule has 2 atom stereocenters. The maximum Gasteiger partial charge on any atom is 0.100 e. The lowest BCUT2D eigenvalue weighted by molar-refractivity contribution is -0.0328. The van der Waals surface area contributed by atoms with E-state index in [2.05, 4.69) is 13.8 Å². The zero-order chi connectivity index (χ0) is 17.9. The molecule has 0 aliphatic heterocycles. The summed E-state index contributed by atoms with van der Waals surface area (Å²) in [5, 5.41) is 18.1. The summed E-state index contributed by atoms with van der Waals surface area (Å²) in [5.41, 5.74) is 0. The van der Waals surface area contributed by atoms with Crippen LogP contribution >= 0.6 is 0 Å². The third-order valence-corrected chi connectivity index (χ3v) is 4.82. The summed E-state index contributed by atoms with van der Waals surface area (Å²) < 4.78 is 5.64. The van der Waals surface area contributed by atoms with Gasteiger partial charge in [0.1, 0.15) is 6.10 Å². The van der Waals surface area contributed by atoms with Gasteiger partial charge in [-0.2, -0.15) is 0 Å². The largest absolute Gasteiger partial charge is 0.394 e. The monoisotopic (exact) mass is 344 g/mol. The molecule has 0 heterocycles. The van der Waals surface area contributed by atoms with Crippen LogP contribution in [0.1, 0.15) is 110 Å². The zero-order valence-electron chi connectivity index (χ0n) is 16.5. The Balaban J connectivity index is 3.25. The fourth-order valence-corrected chi connectivity index (χ4v) is 3.09. The van der Waals surface area contributed by atoms with Gasteiger partial charge in [0.15, 0.2) is 0 Å².